The zero-order valence-corrected chi connectivity index (χ0v) is 19.9. The molecule has 5 aliphatic rings. The van der Waals surface area contributed by atoms with E-state index in [1.54, 1.807) is 12.2 Å². The fourth-order valence-electron chi connectivity index (χ4n) is 7.86. The van der Waals surface area contributed by atoms with Crippen LogP contribution in [0.2, 0.25) is 0 Å². The average molecular weight is 469 g/mol. The van der Waals surface area contributed by atoms with Gasteiger partial charge in [0.05, 0.1) is 16.4 Å². The van der Waals surface area contributed by atoms with E-state index in [9.17, 15) is 14.7 Å². The van der Waals surface area contributed by atoms with E-state index in [2.05, 4.69) is 13.8 Å². The van der Waals surface area contributed by atoms with Crippen LogP contribution in [-0.4, -0.2) is 51.0 Å². The number of aliphatic hydroxyl groups excluding tert-OH is 1. The third kappa shape index (κ3) is 2.45. The monoisotopic (exact) mass is 468 g/mol. The van der Waals surface area contributed by atoms with Gasteiger partial charge in [0.25, 0.3) is 0 Å². The van der Waals surface area contributed by atoms with Crippen LogP contribution in [0.3, 0.4) is 0 Å². The Morgan fingerprint density at radius 3 is 2.65 bits per heavy atom. The van der Waals surface area contributed by atoms with Crippen LogP contribution in [0.5, 0.6) is 0 Å². The van der Waals surface area contributed by atoms with Gasteiger partial charge in [0, 0.05) is 10.8 Å². The molecule has 0 aromatic rings. The molecule has 4 aliphatic carbocycles. The Morgan fingerprint density at radius 2 is 1.97 bits per heavy atom. The van der Waals surface area contributed by atoms with Crippen molar-refractivity contribution in [2.75, 3.05) is 6.61 Å². The molecule has 0 spiro atoms. The Kier molecular flexibility index (Phi) is 4.59. The Hall–Kier alpha value is -0.720. The number of fused-ring (bicyclic) bond motifs is 7. The van der Waals surface area contributed by atoms with Gasteiger partial charge in [-0.25, -0.2) is 0 Å². The number of aliphatic hydroxyl groups is 1. The molecule has 0 unspecified atom stereocenters. The van der Waals surface area contributed by atoms with Gasteiger partial charge in [-0.2, -0.15) is 0 Å². The number of hydrogen-bond donors (Lipinski definition) is 1. The maximum Gasteiger partial charge on any atom is 0.193 e. The normalized spacial score (nSPS) is 52.1. The summed E-state index contributed by atoms with van der Waals surface area (Å²) in [5, 5.41) is 9.43. The summed E-state index contributed by atoms with van der Waals surface area (Å²) in [4.78, 5) is 24.5. The van der Waals surface area contributed by atoms with E-state index in [-0.39, 0.29) is 23.4 Å². The number of hydrogen-bond acceptors (Lipinski definition) is 5. The van der Waals surface area contributed by atoms with E-state index in [0.717, 1.165) is 18.4 Å². The molecule has 0 aromatic carbocycles. The molecular formula is C24H30Cl2O5. The molecule has 4 fully saturated rings. The molecule has 1 heterocycles. The van der Waals surface area contributed by atoms with Crippen LogP contribution >= 0.6 is 23.2 Å². The zero-order chi connectivity index (χ0) is 22.6. The quantitative estimate of drug-likeness (QED) is 0.621. The van der Waals surface area contributed by atoms with Crippen LogP contribution in [0.1, 0.15) is 53.4 Å². The Morgan fingerprint density at radius 1 is 1.26 bits per heavy atom. The SMILES string of the molecule is CC1(C)O[C@@H]2C[C@H]3[C@@H]4CCC5=CC(=O)C=C[C@]5(C)[C@@]4(Cl)[C@@H](Cl)C[C@]3(C)[C@]2(C(=O)CO)O1. The van der Waals surface area contributed by atoms with Crippen molar-refractivity contribution in [3.05, 3.63) is 23.8 Å². The number of allylic oxidation sites excluding steroid dienone is 4. The second kappa shape index (κ2) is 6.44. The molecular weight excluding hydrogens is 439 g/mol. The summed E-state index contributed by atoms with van der Waals surface area (Å²) in [6.45, 7) is 7.17. The number of carbonyl (C=O) groups is 2. The van der Waals surface area contributed by atoms with Gasteiger partial charge in [-0.1, -0.05) is 25.5 Å². The fraction of sp³-hybridized carbons (Fsp3) is 0.750. The maximum absolute atomic E-state index is 13.3. The highest BCUT2D eigenvalue weighted by Gasteiger charge is 2.79. The molecule has 0 aromatic heterocycles. The lowest BCUT2D eigenvalue weighted by atomic mass is 9.46. The van der Waals surface area contributed by atoms with E-state index in [0.29, 0.717) is 12.8 Å². The lowest BCUT2D eigenvalue weighted by Gasteiger charge is -2.64. The van der Waals surface area contributed by atoms with Gasteiger partial charge in [0.2, 0.25) is 0 Å². The topological polar surface area (TPSA) is 72.8 Å². The molecule has 8 atom stereocenters. The molecule has 5 nitrogen and oxygen atoms in total. The molecule has 0 radical (unpaired) electrons. The van der Waals surface area contributed by atoms with Crippen LogP contribution in [0.4, 0.5) is 0 Å². The maximum atomic E-state index is 13.3. The highest BCUT2D eigenvalue weighted by atomic mass is 35.5. The van der Waals surface area contributed by atoms with Crippen molar-refractivity contribution >= 4 is 34.8 Å². The van der Waals surface area contributed by atoms with Crippen molar-refractivity contribution < 1.29 is 24.2 Å². The molecule has 1 saturated heterocycles. The number of Topliss-reactive ketones (excluding diaryl/α,β-unsaturated/α-hetero) is 1. The van der Waals surface area contributed by atoms with Crippen LogP contribution in [-0.2, 0) is 19.1 Å². The van der Waals surface area contributed by atoms with E-state index in [4.69, 9.17) is 32.7 Å². The number of halogens is 2. The van der Waals surface area contributed by atoms with Crippen molar-refractivity contribution in [1.29, 1.82) is 0 Å². The molecule has 1 aliphatic heterocycles. The number of rotatable bonds is 2. The molecule has 170 valence electrons. The van der Waals surface area contributed by atoms with Crippen LogP contribution < -0.4 is 0 Å². The summed E-state index contributed by atoms with van der Waals surface area (Å²) in [5.74, 6) is -1.21. The molecule has 1 N–H and O–H groups in total. The summed E-state index contributed by atoms with van der Waals surface area (Å²) in [7, 11) is 0. The van der Waals surface area contributed by atoms with Crippen molar-refractivity contribution in [1.82, 2.24) is 0 Å². The molecule has 7 heteroatoms. The first-order valence-electron chi connectivity index (χ1n) is 11.1. The summed E-state index contributed by atoms with van der Waals surface area (Å²) >= 11 is 14.7. The second-order valence-corrected chi connectivity index (χ2v) is 12.0. The molecule has 5 rings (SSSR count). The van der Waals surface area contributed by atoms with Gasteiger partial charge < -0.3 is 14.6 Å². The van der Waals surface area contributed by atoms with E-state index < -0.39 is 45.2 Å². The summed E-state index contributed by atoms with van der Waals surface area (Å²) in [5.41, 5.74) is -1.36. The van der Waals surface area contributed by atoms with Crippen molar-refractivity contribution in [3.8, 4) is 0 Å². The molecule has 0 bridgehead atoms. The number of ether oxygens (including phenoxy) is 2. The predicted molar refractivity (Wildman–Crippen MR) is 117 cm³/mol. The third-order valence-corrected chi connectivity index (χ3v) is 10.7. The minimum atomic E-state index is -1.24. The summed E-state index contributed by atoms with van der Waals surface area (Å²) in [6.07, 6.45) is 7.44. The smallest absolute Gasteiger partial charge is 0.193 e. The van der Waals surface area contributed by atoms with Gasteiger partial charge in [-0.05, 0) is 63.5 Å². The molecule has 0 amide bonds. The Bertz CT molecular complexity index is 927. The lowest BCUT2D eigenvalue weighted by molar-refractivity contribution is -0.213. The standard InChI is InChI=1S/C24H30Cl2O5/c1-20(2)30-19-10-16-15-6-5-13-9-14(28)7-8-21(13,3)23(15,26)17(25)11-22(16,4)24(19,31-20)18(29)12-27/h7-9,15-17,19,27H,5-6,10-12H2,1-4H3/t15-,16-,17-,19+,21-,22-,23-,24+/m0/s1. The van der Waals surface area contributed by atoms with E-state index in [1.165, 1.54) is 0 Å². The highest BCUT2D eigenvalue weighted by molar-refractivity contribution is 6.34. The minimum absolute atomic E-state index is 0.00936. The first-order valence-corrected chi connectivity index (χ1v) is 12.0. The van der Waals surface area contributed by atoms with Crippen LogP contribution in [0.25, 0.3) is 0 Å². The molecule has 31 heavy (non-hydrogen) atoms. The van der Waals surface area contributed by atoms with Gasteiger partial charge in [-0.3, -0.25) is 9.59 Å². The largest absolute Gasteiger partial charge is 0.388 e. The van der Waals surface area contributed by atoms with Crippen LogP contribution in [0.15, 0.2) is 23.8 Å². The predicted octanol–water partition coefficient (Wildman–Crippen LogP) is 3.93. The van der Waals surface area contributed by atoms with Crippen LogP contribution in [0, 0.1) is 22.7 Å². The number of carbonyl (C=O) groups excluding carboxylic acids is 2. The fourth-order valence-corrected chi connectivity index (χ4v) is 9.09. The second-order valence-electron chi connectivity index (χ2n) is 10.9. The van der Waals surface area contributed by atoms with E-state index in [1.807, 2.05) is 19.9 Å². The lowest BCUT2D eigenvalue weighted by Crippen LogP contribution is -2.68. The van der Waals surface area contributed by atoms with Gasteiger partial charge >= 0.3 is 0 Å². The first-order chi connectivity index (χ1) is 14.4. The van der Waals surface area contributed by atoms with E-state index >= 15 is 0 Å². The summed E-state index contributed by atoms with van der Waals surface area (Å²) < 4.78 is 12.6. The highest BCUT2D eigenvalue weighted by Crippen LogP contribution is 2.73. The van der Waals surface area contributed by atoms with Gasteiger partial charge in [0.1, 0.15) is 6.61 Å². The van der Waals surface area contributed by atoms with Crippen molar-refractivity contribution in [2.24, 2.45) is 22.7 Å². The number of alkyl halides is 2. The molecule has 3 saturated carbocycles. The number of ketones is 2. The van der Waals surface area contributed by atoms with Gasteiger partial charge in [0.15, 0.2) is 23.0 Å². The Labute approximate surface area is 193 Å². The average Bonchev–Trinajstić information content (AvgIpc) is 3.09. The first kappa shape index (κ1) is 22.1. The Balaban J connectivity index is 1.64. The third-order valence-electron chi connectivity index (χ3n) is 9.15. The van der Waals surface area contributed by atoms with Crippen molar-refractivity contribution in [2.45, 2.75) is 81.1 Å². The van der Waals surface area contributed by atoms with Crippen molar-refractivity contribution in [3.63, 3.8) is 0 Å². The minimum Gasteiger partial charge on any atom is -0.388 e. The summed E-state index contributed by atoms with van der Waals surface area (Å²) in [6, 6.07) is 0. The zero-order valence-electron chi connectivity index (χ0n) is 18.4. The van der Waals surface area contributed by atoms with Gasteiger partial charge in [-0.15, -0.1) is 23.2 Å².